The smallest absolute Gasteiger partial charge is 0.0376 e. The Balaban J connectivity index is 2.50. The summed E-state index contributed by atoms with van der Waals surface area (Å²) in [6.07, 6.45) is 10.3. The Bertz CT molecular complexity index is 493. The maximum Gasteiger partial charge on any atom is 0.0376 e. The van der Waals surface area contributed by atoms with E-state index < -0.39 is 0 Å². The Hall–Kier alpha value is -1.47. The standard InChI is InChI=1S/C17H25N3/c1-12-10-11-14(19-20-18)15(16(12)17(2,3)4)13-8-6-5-7-9-13/h10-11,13,16H,1,5-9H2,2-4H3. The van der Waals surface area contributed by atoms with Gasteiger partial charge >= 0.3 is 0 Å². The second kappa shape index (κ2) is 5.88. The molecule has 0 spiro atoms. The van der Waals surface area contributed by atoms with E-state index in [1.165, 1.54) is 37.7 Å². The normalized spacial score (nSPS) is 24.8. The number of hydrogen-bond donors (Lipinski definition) is 0. The van der Waals surface area contributed by atoms with Crippen LogP contribution >= 0.6 is 0 Å². The zero-order chi connectivity index (χ0) is 14.8. The van der Waals surface area contributed by atoms with Crippen LogP contribution in [0.4, 0.5) is 0 Å². The van der Waals surface area contributed by atoms with Crippen molar-refractivity contribution in [3.05, 3.63) is 46.0 Å². The van der Waals surface area contributed by atoms with Gasteiger partial charge in [0.1, 0.15) is 0 Å². The van der Waals surface area contributed by atoms with E-state index in [2.05, 4.69) is 37.4 Å². The minimum Gasteiger partial charge on any atom is -0.0952 e. The maximum absolute atomic E-state index is 8.86. The number of azide groups is 1. The fourth-order valence-electron chi connectivity index (χ4n) is 3.75. The van der Waals surface area contributed by atoms with E-state index >= 15 is 0 Å². The van der Waals surface area contributed by atoms with Crippen LogP contribution in [0.25, 0.3) is 10.4 Å². The van der Waals surface area contributed by atoms with Crippen LogP contribution in [-0.2, 0) is 0 Å². The SMILES string of the molecule is C=C1C=CC(N=[N+]=[N-])=C(C2CCCCC2)C1C(C)(C)C. The summed E-state index contributed by atoms with van der Waals surface area (Å²) in [6, 6.07) is 0. The molecule has 108 valence electrons. The predicted octanol–water partition coefficient (Wildman–Crippen LogP) is 5.92. The van der Waals surface area contributed by atoms with Crippen molar-refractivity contribution in [1.29, 1.82) is 0 Å². The van der Waals surface area contributed by atoms with Gasteiger partial charge in [0.25, 0.3) is 0 Å². The number of rotatable bonds is 2. The lowest BCUT2D eigenvalue weighted by molar-refractivity contribution is 0.275. The first-order chi connectivity index (χ1) is 9.45. The van der Waals surface area contributed by atoms with E-state index in [1.54, 1.807) is 0 Å². The quantitative estimate of drug-likeness (QED) is 0.340. The van der Waals surface area contributed by atoms with E-state index in [4.69, 9.17) is 5.53 Å². The average molecular weight is 271 g/mol. The highest BCUT2D eigenvalue weighted by Crippen LogP contribution is 2.47. The van der Waals surface area contributed by atoms with E-state index in [-0.39, 0.29) is 11.3 Å². The van der Waals surface area contributed by atoms with Crippen LogP contribution in [0, 0.1) is 17.3 Å². The van der Waals surface area contributed by atoms with Gasteiger partial charge in [-0.1, -0.05) is 63.9 Å². The molecule has 0 aromatic carbocycles. The van der Waals surface area contributed by atoms with Gasteiger partial charge < -0.3 is 0 Å². The Morgan fingerprint density at radius 1 is 1.20 bits per heavy atom. The first-order valence-electron chi connectivity index (χ1n) is 7.61. The molecule has 0 saturated heterocycles. The molecule has 20 heavy (non-hydrogen) atoms. The van der Waals surface area contributed by atoms with Crippen LogP contribution in [0.5, 0.6) is 0 Å². The van der Waals surface area contributed by atoms with Crippen molar-refractivity contribution >= 4 is 0 Å². The molecule has 0 bridgehead atoms. The molecule has 2 aliphatic carbocycles. The molecule has 0 aromatic heterocycles. The van der Waals surface area contributed by atoms with Crippen LogP contribution in [0.15, 0.2) is 40.7 Å². The number of hydrogen-bond acceptors (Lipinski definition) is 1. The zero-order valence-corrected chi connectivity index (χ0v) is 12.9. The van der Waals surface area contributed by atoms with Gasteiger partial charge in [-0.2, -0.15) is 0 Å². The molecule has 1 atom stereocenters. The number of allylic oxidation sites excluding steroid dienone is 4. The largest absolute Gasteiger partial charge is 0.0952 e. The summed E-state index contributed by atoms with van der Waals surface area (Å²) >= 11 is 0. The third-order valence-electron chi connectivity index (χ3n) is 4.50. The Morgan fingerprint density at radius 3 is 2.40 bits per heavy atom. The fourth-order valence-corrected chi connectivity index (χ4v) is 3.75. The second-order valence-corrected chi connectivity index (χ2v) is 7.07. The third-order valence-corrected chi connectivity index (χ3v) is 4.50. The fraction of sp³-hybridized carbons (Fsp3) is 0.647. The lowest BCUT2D eigenvalue weighted by atomic mass is 9.64. The molecular formula is C17H25N3. The van der Waals surface area contributed by atoms with Gasteiger partial charge in [-0.25, -0.2) is 0 Å². The molecule has 2 aliphatic rings. The summed E-state index contributed by atoms with van der Waals surface area (Å²) in [5.74, 6) is 0.839. The van der Waals surface area contributed by atoms with Gasteiger partial charge in [-0.05, 0) is 40.9 Å². The van der Waals surface area contributed by atoms with Crippen molar-refractivity contribution in [1.82, 2.24) is 0 Å². The molecule has 1 saturated carbocycles. The highest BCUT2D eigenvalue weighted by molar-refractivity contribution is 5.44. The molecule has 2 rings (SSSR count). The molecule has 0 N–H and O–H groups in total. The topological polar surface area (TPSA) is 48.8 Å². The minimum atomic E-state index is 0.102. The van der Waals surface area contributed by atoms with Crippen LogP contribution in [-0.4, -0.2) is 0 Å². The Morgan fingerprint density at radius 2 is 1.85 bits per heavy atom. The van der Waals surface area contributed by atoms with Crippen molar-refractivity contribution in [2.24, 2.45) is 22.4 Å². The first kappa shape index (κ1) is 14.9. The molecule has 1 unspecified atom stereocenters. The molecule has 3 heteroatoms. The Kier molecular flexibility index (Phi) is 4.39. The summed E-state index contributed by atoms with van der Waals surface area (Å²) < 4.78 is 0. The highest BCUT2D eigenvalue weighted by Gasteiger charge is 2.36. The van der Waals surface area contributed by atoms with Crippen molar-refractivity contribution in [3.8, 4) is 0 Å². The first-order valence-corrected chi connectivity index (χ1v) is 7.61. The van der Waals surface area contributed by atoms with E-state index in [0.717, 1.165) is 11.3 Å². The van der Waals surface area contributed by atoms with Gasteiger partial charge in [0, 0.05) is 16.5 Å². The van der Waals surface area contributed by atoms with Crippen LogP contribution in [0.1, 0.15) is 52.9 Å². The van der Waals surface area contributed by atoms with E-state index in [1.807, 2.05) is 12.2 Å². The van der Waals surface area contributed by atoms with Gasteiger partial charge in [0.2, 0.25) is 0 Å². The van der Waals surface area contributed by atoms with Crippen LogP contribution in [0.3, 0.4) is 0 Å². The van der Waals surface area contributed by atoms with Gasteiger partial charge in [-0.3, -0.25) is 0 Å². The summed E-state index contributed by atoms with van der Waals surface area (Å²) in [5.41, 5.74) is 12.3. The predicted molar refractivity (Wildman–Crippen MR) is 84.0 cm³/mol. The van der Waals surface area contributed by atoms with E-state index in [0.29, 0.717) is 5.92 Å². The third kappa shape index (κ3) is 2.99. The molecule has 0 aromatic rings. The van der Waals surface area contributed by atoms with E-state index in [9.17, 15) is 0 Å². The molecule has 3 nitrogen and oxygen atoms in total. The Labute approximate surface area is 122 Å². The molecule has 1 fully saturated rings. The second-order valence-electron chi connectivity index (χ2n) is 7.07. The molecular weight excluding hydrogens is 246 g/mol. The molecule has 0 aliphatic heterocycles. The summed E-state index contributed by atoms with van der Waals surface area (Å²) in [4.78, 5) is 3.03. The minimum absolute atomic E-state index is 0.102. The highest BCUT2D eigenvalue weighted by atomic mass is 15.1. The number of nitrogens with zero attached hydrogens (tertiary/aromatic N) is 3. The van der Waals surface area contributed by atoms with Gasteiger partial charge in [-0.15, -0.1) is 0 Å². The van der Waals surface area contributed by atoms with Crippen LogP contribution in [0.2, 0.25) is 0 Å². The van der Waals surface area contributed by atoms with Gasteiger partial charge in [0.05, 0.1) is 0 Å². The average Bonchev–Trinajstić information content (AvgIpc) is 2.40. The lowest BCUT2D eigenvalue weighted by Gasteiger charge is -2.40. The summed E-state index contributed by atoms with van der Waals surface area (Å²) in [6.45, 7) is 11.0. The van der Waals surface area contributed by atoms with Crippen LogP contribution < -0.4 is 0 Å². The molecule has 0 amide bonds. The van der Waals surface area contributed by atoms with Crippen molar-refractivity contribution in [2.75, 3.05) is 0 Å². The summed E-state index contributed by atoms with van der Waals surface area (Å²) in [7, 11) is 0. The van der Waals surface area contributed by atoms with Crippen molar-refractivity contribution in [2.45, 2.75) is 52.9 Å². The van der Waals surface area contributed by atoms with Crippen molar-refractivity contribution in [3.63, 3.8) is 0 Å². The van der Waals surface area contributed by atoms with Gasteiger partial charge in [0.15, 0.2) is 0 Å². The van der Waals surface area contributed by atoms with Crippen molar-refractivity contribution < 1.29 is 0 Å². The maximum atomic E-state index is 8.86. The molecule has 0 radical (unpaired) electrons. The zero-order valence-electron chi connectivity index (χ0n) is 12.9. The summed E-state index contributed by atoms with van der Waals surface area (Å²) in [5, 5.41) is 3.97. The molecule has 0 heterocycles. The lowest BCUT2D eigenvalue weighted by Crippen LogP contribution is -2.30. The monoisotopic (exact) mass is 271 g/mol.